The van der Waals surface area contributed by atoms with Gasteiger partial charge in [-0.25, -0.2) is 4.79 Å². The predicted molar refractivity (Wildman–Crippen MR) is 126 cm³/mol. The van der Waals surface area contributed by atoms with Gasteiger partial charge < -0.3 is 14.7 Å². The van der Waals surface area contributed by atoms with Gasteiger partial charge in [-0.3, -0.25) is 4.79 Å². The third kappa shape index (κ3) is 7.05. The van der Waals surface area contributed by atoms with Gasteiger partial charge in [0.25, 0.3) is 0 Å². The van der Waals surface area contributed by atoms with Crippen LogP contribution in [0.5, 0.6) is 0 Å². The Bertz CT molecular complexity index is 1270. The lowest BCUT2D eigenvalue weighted by Gasteiger charge is -2.26. The molecule has 0 saturated heterocycles. The fraction of sp³-hybridized carbons (Fsp3) is 0.259. The van der Waals surface area contributed by atoms with E-state index in [0.717, 1.165) is 35.2 Å². The molecule has 0 spiro atoms. The third-order valence-electron chi connectivity index (χ3n) is 5.78. The van der Waals surface area contributed by atoms with E-state index in [9.17, 15) is 41.0 Å². The molecule has 0 unspecified atom stereocenters. The van der Waals surface area contributed by atoms with Crippen LogP contribution in [0.1, 0.15) is 34.7 Å². The van der Waals surface area contributed by atoms with Crippen LogP contribution in [0.15, 0.2) is 66.7 Å². The average molecular weight is 539 g/mol. The molecule has 3 aromatic carbocycles. The SMILES string of the molecule is CCN(Cc1c(-c2ccc(C(F)(F)F)cc2)ccc(C(F)(F)F)c1CC(=O)O)C(=O)OCc1ccccc1. The summed E-state index contributed by atoms with van der Waals surface area (Å²) in [5.41, 5.74) is -2.04. The lowest BCUT2D eigenvalue weighted by molar-refractivity contribution is -0.140. The highest BCUT2D eigenvalue weighted by Gasteiger charge is 2.36. The maximum Gasteiger partial charge on any atom is 0.416 e. The minimum atomic E-state index is -4.91. The van der Waals surface area contributed by atoms with Crippen LogP contribution in [0.3, 0.4) is 0 Å². The van der Waals surface area contributed by atoms with Gasteiger partial charge in [-0.1, -0.05) is 48.5 Å². The van der Waals surface area contributed by atoms with E-state index in [-0.39, 0.29) is 29.8 Å². The molecule has 11 heteroatoms. The van der Waals surface area contributed by atoms with Crippen molar-refractivity contribution in [2.24, 2.45) is 0 Å². The summed E-state index contributed by atoms with van der Waals surface area (Å²) in [5, 5.41) is 9.38. The summed E-state index contributed by atoms with van der Waals surface area (Å²) in [6, 6.07) is 14.1. The molecule has 0 atom stereocenters. The van der Waals surface area contributed by atoms with Crippen molar-refractivity contribution < 1.29 is 45.8 Å². The number of halogens is 6. The number of carbonyl (C=O) groups excluding carboxylic acids is 1. The zero-order valence-electron chi connectivity index (χ0n) is 20.1. The van der Waals surface area contributed by atoms with Gasteiger partial charge in [0, 0.05) is 13.1 Å². The molecule has 5 nitrogen and oxygen atoms in total. The van der Waals surface area contributed by atoms with Crippen LogP contribution in [0.25, 0.3) is 11.1 Å². The molecule has 0 aliphatic rings. The molecular weight excluding hydrogens is 516 g/mol. The molecule has 38 heavy (non-hydrogen) atoms. The van der Waals surface area contributed by atoms with Crippen LogP contribution in [0.4, 0.5) is 31.1 Å². The maximum atomic E-state index is 13.9. The lowest BCUT2D eigenvalue weighted by Crippen LogP contribution is -2.32. The highest BCUT2D eigenvalue weighted by Crippen LogP contribution is 2.39. The number of amides is 1. The Hall–Kier alpha value is -4.02. The minimum Gasteiger partial charge on any atom is -0.481 e. The van der Waals surface area contributed by atoms with Gasteiger partial charge in [-0.15, -0.1) is 0 Å². The first kappa shape index (κ1) is 28.5. The summed E-state index contributed by atoms with van der Waals surface area (Å²) in [5.74, 6) is -1.55. The van der Waals surface area contributed by atoms with Gasteiger partial charge in [0.2, 0.25) is 0 Å². The average Bonchev–Trinajstić information content (AvgIpc) is 2.85. The Labute approximate surface area is 214 Å². The van der Waals surface area contributed by atoms with E-state index >= 15 is 0 Å². The second-order valence-corrected chi connectivity index (χ2v) is 8.32. The van der Waals surface area contributed by atoms with Gasteiger partial charge in [0.1, 0.15) is 6.61 Å². The first-order chi connectivity index (χ1) is 17.8. The molecule has 0 aliphatic carbocycles. The fourth-order valence-corrected chi connectivity index (χ4v) is 3.91. The molecule has 0 aromatic heterocycles. The highest BCUT2D eigenvalue weighted by molar-refractivity contribution is 5.77. The second-order valence-electron chi connectivity index (χ2n) is 8.32. The zero-order valence-corrected chi connectivity index (χ0v) is 20.1. The van der Waals surface area contributed by atoms with E-state index in [0.29, 0.717) is 11.6 Å². The minimum absolute atomic E-state index is 0.00281. The van der Waals surface area contributed by atoms with Crippen molar-refractivity contribution in [2.75, 3.05) is 6.54 Å². The molecule has 0 saturated carbocycles. The smallest absolute Gasteiger partial charge is 0.416 e. The van der Waals surface area contributed by atoms with Crippen molar-refractivity contribution in [2.45, 2.75) is 38.8 Å². The standard InChI is InChI=1S/C27H23F6NO4/c1-2-34(25(37)38-16-17-6-4-3-5-7-17)15-22-20(18-8-10-19(11-9-18)26(28,29)30)12-13-23(27(31,32)33)21(22)14-24(35)36/h3-13H,2,14-16H2,1H3,(H,35,36). The number of rotatable bonds is 8. The van der Waals surface area contributed by atoms with E-state index in [1.54, 1.807) is 37.3 Å². The molecule has 3 aromatic rings. The normalized spacial score (nSPS) is 11.8. The number of carboxylic acid groups (broad SMARTS) is 1. The van der Waals surface area contributed by atoms with E-state index in [4.69, 9.17) is 4.74 Å². The first-order valence-electron chi connectivity index (χ1n) is 11.4. The maximum absolute atomic E-state index is 13.9. The molecule has 0 heterocycles. The molecule has 0 fully saturated rings. The van der Waals surface area contributed by atoms with Crippen molar-refractivity contribution in [3.63, 3.8) is 0 Å². The number of carbonyl (C=O) groups is 2. The topological polar surface area (TPSA) is 66.8 Å². The quantitative estimate of drug-likeness (QED) is 0.308. The molecule has 0 radical (unpaired) electrons. The highest BCUT2D eigenvalue weighted by atomic mass is 19.4. The molecule has 1 amide bonds. The Morgan fingerprint density at radius 1 is 0.842 bits per heavy atom. The molecule has 3 rings (SSSR count). The Kier molecular flexibility index (Phi) is 8.70. The van der Waals surface area contributed by atoms with E-state index in [1.807, 2.05) is 0 Å². The number of aliphatic carboxylic acids is 1. The van der Waals surface area contributed by atoms with Gasteiger partial charge in [0.15, 0.2) is 0 Å². The Morgan fingerprint density at radius 3 is 2.00 bits per heavy atom. The van der Waals surface area contributed by atoms with Crippen molar-refractivity contribution in [1.29, 1.82) is 0 Å². The van der Waals surface area contributed by atoms with E-state index in [1.165, 1.54) is 0 Å². The number of carboxylic acids is 1. The van der Waals surface area contributed by atoms with Crippen molar-refractivity contribution in [3.05, 3.63) is 94.5 Å². The molecule has 0 aliphatic heterocycles. The predicted octanol–water partition coefficient (Wildman–Crippen LogP) is 7.18. The fourth-order valence-electron chi connectivity index (χ4n) is 3.91. The van der Waals surface area contributed by atoms with Crippen LogP contribution in [0.2, 0.25) is 0 Å². The Balaban J connectivity index is 2.08. The van der Waals surface area contributed by atoms with E-state index < -0.39 is 54.1 Å². The Morgan fingerprint density at radius 2 is 1.47 bits per heavy atom. The second kappa shape index (κ2) is 11.6. The number of nitrogens with zero attached hydrogens (tertiary/aromatic N) is 1. The first-order valence-corrected chi connectivity index (χ1v) is 11.4. The van der Waals surface area contributed by atoms with Crippen LogP contribution in [0, 0.1) is 0 Å². The third-order valence-corrected chi connectivity index (χ3v) is 5.78. The summed E-state index contributed by atoms with van der Waals surface area (Å²) in [6.07, 6.45) is -11.4. The van der Waals surface area contributed by atoms with E-state index in [2.05, 4.69) is 0 Å². The van der Waals surface area contributed by atoms with Crippen molar-refractivity contribution in [1.82, 2.24) is 4.90 Å². The monoisotopic (exact) mass is 539 g/mol. The van der Waals surface area contributed by atoms with Gasteiger partial charge in [0.05, 0.1) is 17.5 Å². The van der Waals surface area contributed by atoms with Gasteiger partial charge in [-0.05, 0) is 52.9 Å². The summed E-state index contributed by atoms with van der Waals surface area (Å²) in [7, 11) is 0. The molecule has 0 bridgehead atoms. The van der Waals surface area contributed by atoms with Crippen LogP contribution < -0.4 is 0 Å². The van der Waals surface area contributed by atoms with Crippen molar-refractivity contribution in [3.8, 4) is 11.1 Å². The van der Waals surface area contributed by atoms with Crippen LogP contribution >= 0.6 is 0 Å². The number of benzene rings is 3. The molecule has 202 valence electrons. The van der Waals surface area contributed by atoms with Gasteiger partial charge in [-0.2, -0.15) is 26.3 Å². The lowest BCUT2D eigenvalue weighted by atomic mass is 9.89. The molecule has 1 N–H and O–H groups in total. The summed E-state index contributed by atoms with van der Waals surface area (Å²) in [4.78, 5) is 25.5. The zero-order chi connectivity index (χ0) is 28.1. The van der Waals surface area contributed by atoms with Crippen molar-refractivity contribution >= 4 is 12.1 Å². The number of hydrogen-bond acceptors (Lipinski definition) is 3. The number of ether oxygens (including phenoxy) is 1. The largest absolute Gasteiger partial charge is 0.481 e. The number of hydrogen-bond donors (Lipinski definition) is 1. The summed E-state index contributed by atoms with van der Waals surface area (Å²) < 4.78 is 86.0. The summed E-state index contributed by atoms with van der Waals surface area (Å²) in [6.45, 7) is 0.994. The van der Waals surface area contributed by atoms with Crippen LogP contribution in [-0.2, 0) is 41.5 Å². The van der Waals surface area contributed by atoms with Gasteiger partial charge >= 0.3 is 24.4 Å². The van der Waals surface area contributed by atoms with Crippen LogP contribution in [-0.4, -0.2) is 28.6 Å². The molecular formula is C27H23F6NO4. The summed E-state index contributed by atoms with van der Waals surface area (Å²) >= 11 is 0. The number of alkyl halides is 6.